The van der Waals surface area contributed by atoms with Gasteiger partial charge in [0.15, 0.2) is 0 Å². The van der Waals surface area contributed by atoms with Gasteiger partial charge in [-0.25, -0.2) is 0 Å². The van der Waals surface area contributed by atoms with Crippen LogP contribution in [0.3, 0.4) is 0 Å². The highest BCUT2D eigenvalue weighted by Gasteiger charge is 2.42. The van der Waals surface area contributed by atoms with Crippen LogP contribution in [0.4, 0.5) is 5.69 Å². The molecular weight excluding hydrogens is 292 g/mol. The fourth-order valence-corrected chi connectivity index (χ4v) is 4.17. The molecule has 2 aliphatic rings. The Labute approximate surface area is 135 Å². The number of carbonyl (C=O) groups excluding carboxylic acids is 1. The number of H-pyrrole nitrogens is 1. The molecule has 1 aromatic carbocycles. The molecule has 0 aliphatic carbocycles. The Bertz CT molecular complexity index is 699. The molecule has 122 valence electrons. The first-order valence-electron chi connectivity index (χ1n) is 8.24. The largest absolute Gasteiger partial charge is 0.382 e. The Morgan fingerprint density at radius 2 is 2.17 bits per heavy atom. The summed E-state index contributed by atoms with van der Waals surface area (Å²) < 4.78 is 5.02. The first-order valence-corrected chi connectivity index (χ1v) is 8.24. The zero-order chi connectivity index (χ0) is 15.8. The third-order valence-electron chi connectivity index (χ3n) is 5.10. The Morgan fingerprint density at radius 1 is 1.39 bits per heavy atom. The van der Waals surface area contributed by atoms with Crippen LogP contribution in [0.2, 0.25) is 0 Å². The molecule has 2 bridgehead atoms. The van der Waals surface area contributed by atoms with E-state index in [1.165, 1.54) is 0 Å². The number of nitrogens with zero attached hydrogens (tertiary/aromatic N) is 2. The number of amides is 1. The van der Waals surface area contributed by atoms with Crippen molar-refractivity contribution in [1.82, 2.24) is 15.1 Å². The van der Waals surface area contributed by atoms with E-state index in [0.29, 0.717) is 18.1 Å². The molecule has 0 saturated carbocycles. The summed E-state index contributed by atoms with van der Waals surface area (Å²) in [6.45, 7) is 0.197. The molecule has 1 amide bonds. The third kappa shape index (κ3) is 2.67. The van der Waals surface area contributed by atoms with Crippen LogP contribution in [0.25, 0.3) is 10.9 Å². The first kappa shape index (κ1) is 14.5. The number of anilines is 1. The second-order valence-corrected chi connectivity index (χ2v) is 6.60. The molecular formula is C17H22N4O2. The molecule has 2 N–H and O–H groups in total. The summed E-state index contributed by atoms with van der Waals surface area (Å²) in [5, 5.41) is 11.8. The second-order valence-electron chi connectivity index (χ2n) is 6.60. The fourth-order valence-electron chi connectivity index (χ4n) is 4.17. The molecule has 23 heavy (non-hydrogen) atoms. The maximum Gasteiger partial charge on any atom is 0.249 e. The number of hydrogen-bond acceptors (Lipinski definition) is 4. The van der Waals surface area contributed by atoms with Crippen molar-refractivity contribution in [3.63, 3.8) is 0 Å². The van der Waals surface area contributed by atoms with Gasteiger partial charge in [0, 0.05) is 36.3 Å². The molecule has 0 radical (unpaired) electrons. The van der Waals surface area contributed by atoms with Gasteiger partial charge in [0.1, 0.15) is 6.61 Å². The van der Waals surface area contributed by atoms with Crippen LogP contribution in [0.5, 0.6) is 0 Å². The van der Waals surface area contributed by atoms with Crippen LogP contribution in [-0.4, -0.2) is 52.8 Å². The Morgan fingerprint density at radius 3 is 2.91 bits per heavy atom. The number of piperidine rings is 1. The van der Waals surface area contributed by atoms with Gasteiger partial charge in [-0.15, -0.1) is 0 Å². The van der Waals surface area contributed by atoms with Crippen molar-refractivity contribution in [1.29, 1.82) is 0 Å². The van der Waals surface area contributed by atoms with Crippen LogP contribution in [0.1, 0.15) is 25.7 Å². The number of ether oxygens (including phenoxy) is 1. The van der Waals surface area contributed by atoms with Gasteiger partial charge in [0.25, 0.3) is 0 Å². The summed E-state index contributed by atoms with van der Waals surface area (Å²) in [5.41, 5.74) is 2.18. The van der Waals surface area contributed by atoms with Crippen LogP contribution in [-0.2, 0) is 9.53 Å². The van der Waals surface area contributed by atoms with Crippen LogP contribution in [0, 0.1) is 0 Å². The van der Waals surface area contributed by atoms with E-state index in [1.54, 1.807) is 7.11 Å². The topological polar surface area (TPSA) is 70.2 Å². The van der Waals surface area contributed by atoms with Gasteiger partial charge < -0.3 is 15.0 Å². The number of methoxy groups -OCH3 is 1. The summed E-state index contributed by atoms with van der Waals surface area (Å²) >= 11 is 0. The van der Waals surface area contributed by atoms with Gasteiger partial charge in [-0.3, -0.25) is 9.89 Å². The molecule has 1 aromatic heterocycles. The molecule has 6 heteroatoms. The molecule has 6 nitrogen and oxygen atoms in total. The van der Waals surface area contributed by atoms with Gasteiger partial charge in [0.2, 0.25) is 5.91 Å². The lowest BCUT2D eigenvalue weighted by Crippen LogP contribution is -2.50. The Hall–Kier alpha value is -2.08. The van der Waals surface area contributed by atoms with Crippen molar-refractivity contribution in [3.8, 4) is 0 Å². The molecule has 2 atom stereocenters. The van der Waals surface area contributed by atoms with Gasteiger partial charge >= 0.3 is 0 Å². The lowest BCUT2D eigenvalue weighted by molar-refractivity contribution is -0.139. The average molecular weight is 314 g/mol. The maximum absolute atomic E-state index is 12.2. The average Bonchev–Trinajstić information content (AvgIpc) is 3.10. The van der Waals surface area contributed by atoms with Crippen LogP contribution >= 0.6 is 0 Å². The van der Waals surface area contributed by atoms with E-state index in [-0.39, 0.29) is 12.5 Å². The van der Waals surface area contributed by atoms with Crippen molar-refractivity contribution < 1.29 is 9.53 Å². The predicted molar refractivity (Wildman–Crippen MR) is 88.3 cm³/mol. The van der Waals surface area contributed by atoms with E-state index in [1.807, 2.05) is 6.20 Å². The van der Waals surface area contributed by atoms with Gasteiger partial charge in [-0.2, -0.15) is 5.10 Å². The third-order valence-corrected chi connectivity index (χ3v) is 5.10. The number of benzene rings is 1. The summed E-state index contributed by atoms with van der Waals surface area (Å²) in [5.74, 6) is 0.137. The number of rotatable bonds is 4. The minimum absolute atomic E-state index is 0.137. The van der Waals surface area contributed by atoms with E-state index in [0.717, 1.165) is 42.3 Å². The highest BCUT2D eigenvalue weighted by molar-refractivity contribution is 5.82. The molecule has 2 aliphatic heterocycles. The van der Waals surface area contributed by atoms with Crippen molar-refractivity contribution in [2.75, 3.05) is 19.0 Å². The highest BCUT2D eigenvalue weighted by Crippen LogP contribution is 2.37. The van der Waals surface area contributed by atoms with Gasteiger partial charge in [-0.05, 0) is 43.9 Å². The number of nitrogens with one attached hydrogen (secondary N) is 2. The van der Waals surface area contributed by atoms with E-state index in [2.05, 4.69) is 38.6 Å². The lowest BCUT2D eigenvalue weighted by Gasteiger charge is -2.39. The smallest absolute Gasteiger partial charge is 0.249 e. The SMILES string of the molecule is COCC(=O)N1C2CCC1CC(Nc1ccc3[nH]ncc3c1)C2. The Balaban J connectivity index is 1.45. The highest BCUT2D eigenvalue weighted by atomic mass is 16.5. The number of aromatic amines is 1. The molecule has 2 unspecified atom stereocenters. The zero-order valence-electron chi connectivity index (χ0n) is 13.3. The number of carbonyl (C=O) groups is 1. The quantitative estimate of drug-likeness (QED) is 0.907. The minimum Gasteiger partial charge on any atom is -0.382 e. The minimum atomic E-state index is 0.137. The first-order chi connectivity index (χ1) is 11.2. The monoisotopic (exact) mass is 314 g/mol. The fraction of sp³-hybridized carbons (Fsp3) is 0.529. The van der Waals surface area contributed by atoms with E-state index in [9.17, 15) is 4.79 Å². The van der Waals surface area contributed by atoms with E-state index >= 15 is 0 Å². The Kier molecular flexibility index (Phi) is 3.69. The molecule has 2 fully saturated rings. The normalized spacial score (nSPS) is 26.7. The standard InChI is InChI=1S/C17H22N4O2/c1-23-10-17(22)21-14-3-4-15(21)8-13(7-14)19-12-2-5-16-11(6-12)9-18-20-16/h2,5-6,9,13-15,19H,3-4,7-8,10H2,1H3,(H,18,20). The number of fused-ring (bicyclic) bond motifs is 3. The van der Waals surface area contributed by atoms with Crippen LogP contribution < -0.4 is 5.32 Å². The van der Waals surface area contributed by atoms with Gasteiger partial charge in [-0.1, -0.05) is 0 Å². The maximum atomic E-state index is 12.2. The van der Waals surface area contributed by atoms with E-state index < -0.39 is 0 Å². The molecule has 2 aromatic rings. The molecule has 2 saturated heterocycles. The van der Waals surface area contributed by atoms with Crippen molar-refractivity contribution in [2.24, 2.45) is 0 Å². The number of hydrogen-bond donors (Lipinski definition) is 2. The summed E-state index contributed by atoms with van der Waals surface area (Å²) in [4.78, 5) is 14.3. The number of aromatic nitrogens is 2. The summed E-state index contributed by atoms with van der Waals surface area (Å²) in [6.07, 6.45) is 6.08. The second kappa shape index (κ2) is 5.85. The molecule has 0 spiro atoms. The van der Waals surface area contributed by atoms with Crippen molar-refractivity contribution >= 4 is 22.5 Å². The van der Waals surface area contributed by atoms with Crippen molar-refractivity contribution in [2.45, 2.75) is 43.8 Å². The molecule has 3 heterocycles. The zero-order valence-corrected chi connectivity index (χ0v) is 13.3. The van der Waals surface area contributed by atoms with E-state index in [4.69, 9.17) is 4.74 Å². The molecule has 4 rings (SSSR count). The lowest BCUT2D eigenvalue weighted by atomic mass is 9.96. The van der Waals surface area contributed by atoms with Gasteiger partial charge in [0.05, 0.1) is 11.7 Å². The summed E-state index contributed by atoms with van der Waals surface area (Å²) in [7, 11) is 1.58. The van der Waals surface area contributed by atoms with Crippen molar-refractivity contribution in [3.05, 3.63) is 24.4 Å². The summed E-state index contributed by atoms with van der Waals surface area (Å²) in [6, 6.07) is 7.39. The predicted octanol–water partition coefficient (Wildman–Crippen LogP) is 2.14. The van der Waals surface area contributed by atoms with Crippen LogP contribution in [0.15, 0.2) is 24.4 Å².